The monoisotopic (exact) mass is 582 g/mol. The molecule has 8 rings (SSSR count). The molecule has 5 aromatic carbocycles. The number of pyridine rings is 1. The van der Waals surface area contributed by atoms with Crippen molar-refractivity contribution in [3.05, 3.63) is 157 Å². The summed E-state index contributed by atoms with van der Waals surface area (Å²) in [4.78, 5) is 4.37. The molecule has 5 nitrogen and oxygen atoms in total. The molecule has 0 radical (unpaired) electrons. The Labute approximate surface area is 261 Å². The lowest BCUT2D eigenvalue weighted by Gasteiger charge is -2.11. The SMILES string of the molecule is Cc1nn(-c2cccc(Oc3ccc4c5ccccc5n(-c5cccnc5)c4c3)c2)c(C)c1-c1ccc(-c2ccccc2)cc1. The van der Waals surface area contributed by atoms with Crippen LogP contribution in [-0.4, -0.2) is 19.3 Å². The highest BCUT2D eigenvalue weighted by molar-refractivity contribution is 6.09. The van der Waals surface area contributed by atoms with Gasteiger partial charge in [-0.2, -0.15) is 5.10 Å². The van der Waals surface area contributed by atoms with E-state index in [0.29, 0.717) is 0 Å². The third kappa shape index (κ3) is 4.75. The molecular weight excluding hydrogens is 552 g/mol. The fraction of sp³-hybridized carbons (Fsp3) is 0.0500. The Balaban J connectivity index is 1.13. The summed E-state index contributed by atoms with van der Waals surface area (Å²) in [5.41, 5.74) is 10.9. The molecule has 0 saturated heterocycles. The fourth-order valence-electron chi connectivity index (χ4n) is 6.36. The number of hydrogen-bond donors (Lipinski definition) is 0. The first-order chi connectivity index (χ1) is 22.1. The van der Waals surface area contributed by atoms with Gasteiger partial charge in [0.05, 0.1) is 34.3 Å². The van der Waals surface area contributed by atoms with Crippen molar-refractivity contribution in [2.45, 2.75) is 13.8 Å². The van der Waals surface area contributed by atoms with Gasteiger partial charge < -0.3 is 9.30 Å². The van der Waals surface area contributed by atoms with Crippen LogP contribution in [0.2, 0.25) is 0 Å². The Morgan fingerprint density at radius 2 is 1.27 bits per heavy atom. The maximum absolute atomic E-state index is 6.48. The maximum atomic E-state index is 6.48. The van der Waals surface area contributed by atoms with E-state index in [1.165, 1.54) is 21.9 Å². The van der Waals surface area contributed by atoms with E-state index in [1.807, 2.05) is 47.3 Å². The molecule has 0 aliphatic heterocycles. The van der Waals surface area contributed by atoms with Gasteiger partial charge in [0, 0.05) is 40.4 Å². The highest BCUT2D eigenvalue weighted by Gasteiger charge is 2.16. The molecule has 0 amide bonds. The fourth-order valence-corrected chi connectivity index (χ4v) is 6.36. The molecule has 0 fully saturated rings. The topological polar surface area (TPSA) is 44.9 Å². The zero-order chi connectivity index (χ0) is 30.3. The van der Waals surface area contributed by atoms with Crippen molar-refractivity contribution in [3.8, 4) is 45.1 Å². The minimum Gasteiger partial charge on any atom is -0.457 e. The van der Waals surface area contributed by atoms with Gasteiger partial charge in [0.25, 0.3) is 0 Å². The summed E-state index contributed by atoms with van der Waals surface area (Å²) in [6.45, 7) is 4.19. The highest BCUT2D eigenvalue weighted by Crippen LogP contribution is 2.36. The summed E-state index contributed by atoms with van der Waals surface area (Å²) in [7, 11) is 0. The largest absolute Gasteiger partial charge is 0.457 e. The number of hydrogen-bond acceptors (Lipinski definition) is 3. The van der Waals surface area contributed by atoms with Gasteiger partial charge in [-0.15, -0.1) is 0 Å². The second-order valence-corrected chi connectivity index (χ2v) is 11.2. The van der Waals surface area contributed by atoms with Crippen molar-refractivity contribution in [1.82, 2.24) is 19.3 Å². The first kappa shape index (κ1) is 26.7. The van der Waals surface area contributed by atoms with E-state index in [9.17, 15) is 0 Å². The zero-order valence-electron chi connectivity index (χ0n) is 25.1. The number of fused-ring (bicyclic) bond motifs is 3. The first-order valence-corrected chi connectivity index (χ1v) is 15.1. The van der Waals surface area contributed by atoms with Crippen molar-refractivity contribution in [2.75, 3.05) is 0 Å². The molecule has 3 heterocycles. The normalized spacial score (nSPS) is 11.3. The van der Waals surface area contributed by atoms with E-state index in [0.717, 1.165) is 56.4 Å². The van der Waals surface area contributed by atoms with E-state index in [2.05, 4.69) is 120 Å². The van der Waals surface area contributed by atoms with Crippen molar-refractivity contribution < 1.29 is 4.74 Å². The molecular formula is C40H30N4O. The van der Waals surface area contributed by atoms with Gasteiger partial charge in [0.1, 0.15) is 11.5 Å². The van der Waals surface area contributed by atoms with Gasteiger partial charge in [0.2, 0.25) is 0 Å². The Morgan fingerprint density at radius 3 is 2.09 bits per heavy atom. The maximum Gasteiger partial charge on any atom is 0.129 e. The minimum absolute atomic E-state index is 0.747. The van der Waals surface area contributed by atoms with E-state index in [1.54, 1.807) is 6.20 Å². The number of ether oxygens (including phenoxy) is 1. The molecule has 8 aromatic rings. The Morgan fingerprint density at radius 1 is 0.556 bits per heavy atom. The molecule has 0 unspecified atom stereocenters. The molecule has 3 aromatic heterocycles. The van der Waals surface area contributed by atoms with Crippen LogP contribution in [0.1, 0.15) is 11.4 Å². The second kappa shape index (κ2) is 11.0. The van der Waals surface area contributed by atoms with Crippen molar-refractivity contribution >= 4 is 21.8 Å². The molecule has 216 valence electrons. The lowest BCUT2D eigenvalue weighted by atomic mass is 9.99. The summed E-state index contributed by atoms with van der Waals surface area (Å²) in [6, 6.07) is 46.1. The van der Waals surface area contributed by atoms with Gasteiger partial charge in [-0.1, -0.05) is 78.9 Å². The molecule has 0 spiro atoms. The number of rotatable bonds is 6. The van der Waals surface area contributed by atoms with E-state index >= 15 is 0 Å². The van der Waals surface area contributed by atoms with Crippen molar-refractivity contribution in [2.24, 2.45) is 0 Å². The van der Waals surface area contributed by atoms with Gasteiger partial charge in [-0.05, 0) is 73.0 Å². The number of para-hydroxylation sites is 1. The van der Waals surface area contributed by atoms with Crippen LogP contribution in [0.5, 0.6) is 11.5 Å². The van der Waals surface area contributed by atoms with Crippen LogP contribution in [0.15, 0.2) is 146 Å². The summed E-state index contributed by atoms with van der Waals surface area (Å²) >= 11 is 0. The zero-order valence-corrected chi connectivity index (χ0v) is 25.1. The smallest absolute Gasteiger partial charge is 0.129 e. The lowest BCUT2D eigenvalue weighted by molar-refractivity contribution is 0.483. The Hall–Kier alpha value is -5.94. The molecule has 0 aliphatic rings. The van der Waals surface area contributed by atoms with Crippen LogP contribution in [0, 0.1) is 13.8 Å². The molecule has 0 saturated carbocycles. The molecule has 0 bridgehead atoms. The Bertz CT molecular complexity index is 2300. The summed E-state index contributed by atoms with van der Waals surface area (Å²) < 4.78 is 10.7. The predicted octanol–water partition coefficient (Wildman–Crippen LogP) is 10.1. The number of benzene rings is 5. The summed E-state index contributed by atoms with van der Waals surface area (Å²) in [6.07, 6.45) is 3.69. The van der Waals surface area contributed by atoms with Crippen LogP contribution < -0.4 is 4.74 Å². The minimum atomic E-state index is 0.747. The molecule has 0 aliphatic carbocycles. The third-order valence-electron chi connectivity index (χ3n) is 8.42. The van der Waals surface area contributed by atoms with Crippen LogP contribution in [0.25, 0.3) is 55.4 Å². The summed E-state index contributed by atoms with van der Waals surface area (Å²) in [5.74, 6) is 1.51. The van der Waals surface area contributed by atoms with Gasteiger partial charge in [-0.25, -0.2) is 4.68 Å². The van der Waals surface area contributed by atoms with Crippen LogP contribution in [0.3, 0.4) is 0 Å². The molecule has 5 heteroatoms. The predicted molar refractivity (Wildman–Crippen MR) is 183 cm³/mol. The summed E-state index contributed by atoms with van der Waals surface area (Å²) in [5, 5.41) is 7.31. The molecule has 0 N–H and O–H groups in total. The van der Waals surface area contributed by atoms with E-state index in [4.69, 9.17) is 9.84 Å². The quantitative estimate of drug-likeness (QED) is 0.196. The number of aryl methyl sites for hydroxylation is 1. The highest BCUT2D eigenvalue weighted by atomic mass is 16.5. The van der Waals surface area contributed by atoms with Crippen LogP contribution in [0.4, 0.5) is 0 Å². The number of aromatic nitrogens is 4. The second-order valence-electron chi connectivity index (χ2n) is 11.2. The average Bonchev–Trinajstić information content (AvgIpc) is 3.58. The van der Waals surface area contributed by atoms with Gasteiger partial charge in [-0.3, -0.25) is 4.98 Å². The van der Waals surface area contributed by atoms with E-state index < -0.39 is 0 Å². The van der Waals surface area contributed by atoms with Gasteiger partial charge >= 0.3 is 0 Å². The molecule has 0 atom stereocenters. The van der Waals surface area contributed by atoms with Crippen LogP contribution >= 0.6 is 0 Å². The lowest BCUT2D eigenvalue weighted by Crippen LogP contribution is -1.99. The third-order valence-corrected chi connectivity index (χ3v) is 8.42. The first-order valence-electron chi connectivity index (χ1n) is 15.1. The number of nitrogens with zero attached hydrogens (tertiary/aromatic N) is 4. The van der Waals surface area contributed by atoms with Crippen molar-refractivity contribution in [3.63, 3.8) is 0 Å². The van der Waals surface area contributed by atoms with Gasteiger partial charge in [0.15, 0.2) is 0 Å². The average molecular weight is 583 g/mol. The molecule has 45 heavy (non-hydrogen) atoms. The Kier molecular flexibility index (Phi) is 6.50. The van der Waals surface area contributed by atoms with Crippen LogP contribution in [-0.2, 0) is 0 Å². The van der Waals surface area contributed by atoms with E-state index in [-0.39, 0.29) is 0 Å². The standard InChI is InChI=1S/C40H30N4O/c1-27-40(31-19-17-30(18-20-31)29-10-4-3-5-11-29)28(2)44(42-27)32-12-8-14-34(24-32)45-35-21-22-37-36-15-6-7-16-38(36)43(39(37)25-35)33-13-9-23-41-26-33/h3-26H,1-2H3. The van der Waals surface area contributed by atoms with Crippen molar-refractivity contribution in [1.29, 1.82) is 0 Å².